The number of nitrogens with one attached hydrogen (secondary N) is 1. The summed E-state index contributed by atoms with van der Waals surface area (Å²) in [7, 11) is 0. The molecule has 2 heterocycles. The summed E-state index contributed by atoms with van der Waals surface area (Å²) < 4.78 is 14.8. The predicted molar refractivity (Wildman–Crippen MR) is 150 cm³/mol. The van der Waals surface area contributed by atoms with Crippen molar-refractivity contribution < 1.29 is 4.39 Å². The first-order valence-corrected chi connectivity index (χ1v) is 13.8. The Morgan fingerprint density at radius 3 is 2.63 bits per heavy atom. The van der Waals surface area contributed by atoms with Gasteiger partial charge < -0.3 is 16.0 Å². The normalized spacial score (nSPS) is 26.7. The van der Waals surface area contributed by atoms with Gasteiger partial charge in [-0.1, -0.05) is 32.9 Å². The third-order valence-electron chi connectivity index (χ3n) is 9.45. The molecule has 1 aliphatic heterocycles. The van der Waals surface area contributed by atoms with Crippen molar-refractivity contribution in [3.05, 3.63) is 70.5 Å². The van der Waals surface area contributed by atoms with Crippen LogP contribution in [-0.4, -0.2) is 45.6 Å². The SMILES string of the molecule is C[C@@H]1C(N=C(Nc2ccc3c(=O)n(CCc4ccc(F)cc4)cnc3c2)N2CC(N)C2)C[C@@H]2C[C@H]1C2(C)C. The predicted octanol–water partition coefficient (Wildman–Crippen LogP) is 4.26. The molecule has 8 heteroatoms. The Morgan fingerprint density at radius 2 is 1.95 bits per heavy atom. The second kappa shape index (κ2) is 9.49. The number of aromatic nitrogens is 2. The minimum absolute atomic E-state index is 0.0795. The average Bonchev–Trinajstić information content (AvgIpc) is 2.88. The van der Waals surface area contributed by atoms with Gasteiger partial charge in [-0.2, -0.15) is 0 Å². The molecule has 3 saturated carbocycles. The van der Waals surface area contributed by atoms with Gasteiger partial charge in [-0.15, -0.1) is 0 Å². The standard InChI is InChI=1S/C30H37FN6O/c1-18-25-12-20(30(25,2)3)13-26(18)35-29(37-15-22(32)16-37)34-23-8-9-24-27(14-23)33-17-36(28(24)38)11-10-19-4-6-21(31)7-5-19/h4-9,14,17-18,20,22,25-26H,10-13,15-16,32H2,1-3H3,(H,34,35)/t18-,20-,25+,26?/m0/s1. The van der Waals surface area contributed by atoms with Crippen LogP contribution in [0.1, 0.15) is 39.2 Å². The lowest BCUT2D eigenvalue weighted by Gasteiger charge is -2.61. The van der Waals surface area contributed by atoms with Crippen molar-refractivity contribution in [3.63, 3.8) is 0 Å². The summed E-state index contributed by atoms with van der Waals surface area (Å²) in [5.41, 5.74) is 8.94. The lowest BCUT2D eigenvalue weighted by atomic mass is 9.45. The number of nitrogens with two attached hydrogens (primary N) is 1. The van der Waals surface area contributed by atoms with E-state index in [0.717, 1.165) is 48.6 Å². The van der Waals surface area contributed by atoms with E-state index in [0.29, 0.717) is 41.2 Å². The van der Waals surface area contributed by atoms with Crippen molar-refractivity contribution >= 4 is 22.5 Å². The Morgan fingerprint density at radius 1 is 1.18 bits per heavy atom. The molecule has 38 heavy (non-hydrogen) atoms. The zero-order valence-electron chi connectivity index (χ0n) is 22.4. The molecular formula is C30H37FN6O. The van der Waals surface area contributed by atoms with Crippen molar-refractivity contribution in [1.82, 2.24) is 14.5 Å². The number of halogens is 1. The topological polar surface area (TPSA) is 88.5 Å². The third-order valence-corrected chi connectivity index (χ3v) is 9.45. The maximum Gasteiger partial charge on any atom is 0.261 e. The highest BCUT2D eigenvalue weighted by molar-refractivity contribution is 5.96. The molecule has 2 bridgehead atoms. The van der Waals surface area contributed by atoms with E-state index >= 15 is 0 Å². The fourth-order valence-corrected chi connectivity index (χ4v) is 6.75. The number of benzene rings is 2. The van der Waals surface area contributed by atoms with Gasteiger partial charge >= 0.3 is 0 Å². The van der Waals surface area contributed by atoms with E-state index in [2.05, 4.69) is 36.0 Å². The number of likely N-dealkylation sites (tertiary alicyclic amines) is 1. The maximum atomic E-state index is 13.2. The molecule has 3 aliphatic carbocycles. The van der Waals surface area contributed by atoms with Crippen molar-refractivity contribution in [3.8, 4) is 0 Å². The summed E-state index contributed by atoms with van der Waals surface area (Å²) in [5, 5.41) is 4.11. The molecular weight excluding hydrogens is 479 g/mol. The number of hydrogen-bond acceptors (Lipinski definition) is 4. The molecule has 3 aromatic rings. The summed E-state index contributed by atoms with van der Waals surface area (Å²) in [6.45, 7) is 9.24. The Bertz CT molecular complexity index is 1420. The summed E-state index contributed by atoms with van der Waals surface area (Å²) in [4.78, 5) is 25.2. The number of aryl methyl sites for hydroxylation is 2. The van der Waals surface area contributed by atoms with E-state index in [1.165, 1.54) is 18.6 Å². The molecule has 7 rings (SSSR count). The van der Waals surface area contributed by atoms with Gasteiger partial charge in [-0.25, -0.2) is 14.4 Å². The van der Waals surface area contributed by atoms with Gasteiger partial charge in [0.25, 0.3) is 5.56 Å². The fraction of sp³-hybridized carbons (Fsp3) is 0.500. The number of rotatable bonds is 5. The molecule has 3 N–H and O–H groups in total. The molecule has 4 atom stereocenters. The smallest absolute Gasteiger partial charge is 0.261 e. The van der Waals surface area contributed by atoms with Gasteiger partial charge in [0.2, 0.25) is 0 Å². The van der Waals surface area contributed by atoms with Crippen LogP contribution in [0.3, 0.4) is 0 Å². The van der Waals surface area contributed by atoms with Gasteiger partial charge in [-0.3, -0.25) is 9.36 Å². The van der Waals surface area contributed by atoms with Crippen LogP contribution in [0, 0.1) is 29.0 Å². The summed E-state index contributed by atoms with van der Waals surface area (Å²) in [6, 6.07) is 12.5. The van der Waals surface area contributed by atoms with Crippen LogP contribution in [0.2, 0.25) is 0 Å². The van der Waals surface area contributed by atoms with E-state index < -0.39 is 0 Å². The van der Waals surface area contributed by atoms with Gasteiger partial charge in [0.05, 0.1) is 23.3 Å². The first kappa shape index (κ1) is 25.0. The third kappa shape index (κ3) is 4.49. The fourth-order valence-electron chi connectivity index (χ4n) is 6.75. The van der Waals surface area contributed by atoms with Gasteiger partial charge in [0, 0.05) is 31.4 Å². The largest absolute Gasteiger partial charge is 0.339 e. The van der Waals surface area contributed by atoms with Crippen LogP contribution in [0.5, 0.6) is 0 Å². The van der Waals surface area contributed by atoms with E-state index in [1.807, 2.05) is 18.2 Å². The molecule has 4 aliphatic rings. The quantitative estimate of drug-likeness (QED) is 0.391. The maximum absolute atomic E-state index is 13.2. The number of guanidine groups is 1. The lowest BCUT2D eigenvalue weighted by molar-refractivity contribution is -0.108. The van der Waals surface area contributed by atoms with Crippen LogP contribution in [0.25, 0.3) is 10.9 Å². The van der Waals surface area contributed by atoms with Gasteiger partial charge in [0.1, 0.15) is 5.82 Å². The number of nitrogens with zero attached hydrogens (tertiary/aromatic N) is 4. The first-order chi connectivity index (χ1) is 18.2. The molecule has 0 spiro atoms. The summed E-state index contributed by atoms with van der Waals surface area (Å²) >= 11 is 0. The highest BCUT2D eigenvalue weighted by Gasteiger charge is 2.56. The Kier molecular flexibility index (Phi) is 6.25. The van der Waals surface area contributed by atoms with Crippen LogP contribution in [0.15, 0.2) is 58.6 Å². The number of hydrogen-bond donors (Lipinski definition) is 2. The van der Waals surface area contributed by atoms with Crippen molar-refractivity contribution in [2.45, 2.75) is 58.7 Å². The second-order valence-electron chi connectivity index (χ2n) is 12.1. The summed E-state index contributed by atoms with van der Waals surface area (Å²) in [6.07, 6.45) is 4.68. The van der Waals surface area contributed by atoms with E-state index in [-0.39, 0.29) is 17.4 Å². The second-order valence-corrected chi connectivity index (χ2v) is 12.1. The molecule has 1 aromatic heterocycles. The Labute approximate surface area is 223 Å². The Balaban J connectivity index is 1.21. The zero-order valence-corrected chi connectivity index (χ0v) is 22.4. The molecule has 1 unspecified atom stereocenters. The highest BCUT2D eigenvalue weighted by Crippen LogP contribution is 2.61. The van der Waals surface area contributed by atoms with Crippen LogP contribution < -0.4 is 16.6 Å². The number of aliphatic imine (C=N–C) groups is 1. The minimum atomic E-state index is -0.262. The van der Waals surface area contributed by atoms with Crippen LogP contribution in [0.4, 0.5) is 10.1 Å². The van der Waals surface area contributed by atoms with Crippen molar-refractivity contribution in [2.24, 2.45) is 33.9 Å². The van der Waals surface area contributed by atoms with Gasteiger partial charge in [0.15, 0.2) is 5.96 Å². The molecule has 7 nitrogen and oxygen atoms in total. The molecule has 200 valence electrons. The number of anilines is 1. The van der Waals surface area contributed by atoms with Crippen LogP contribution >= 0.6 is 0 Å². The molecule has 1 saturated heterocycles. The Hall–Kier alpha value is -3.26. The average molecular weight is 517 g/mol. The van der Waals surface area contributed by atoms with Gasteiger partial charge in [-0.05, 0) is 78.3 Å². The minimum Gasteiger partial charge on any atom is -0.339 e. The molecule has 0 amide bonds. The highest BCUT2D eigenvalue weighted by atomic mass is 19.1. The lowest BCUT2D eigenvalue weighted by Crippen LogP contribution is -2.60. The molecule has 4 fully saturated rings. The van der Waals surface area contributed by atoms with Crippen molar-refractivity contribution in [1.29, 1.82) is 0 Å². The molecule has 2 aromatic carbocycles. The van der Waals surface area contributed by atoms with Crippen LogP contribution in [-0.2, 0) is 13.0 Å². The van der Waals surface area contributed by atoms with E-state index in [1.54, 1.807) is 23.0 Å². The summed E-state index contributed by atoms with van der Waals surface area (Å²) in [5.74, 6) is 2.63. The van der Waals surface area contributed by atoms with E-state index in [9.17, 15) is 9.18 Å². The van der Waals surface area contributed by atoms with E-state index in [4.69, 9.17) is 10.7 Å². The zero-order chi connectivity index (χ0) is 26.6. The molecule has 0 radical (unpaired) electrons. The number of fused-ring (bicyclic) bond motifs is 3. The first-order valence-electron chi connectivity index (χ1n) is 13.8. The monoisotopic (exact) mass is 516 g/mol. The van der Waals surface area contributed by atoms with Crippen molar-refractivity contribution in [2.75, 3.05) is 18.4 Å².